The average molecular weight is 312 g/mol. The van der Waals surface area contributed by atoms with Crippen LogP contribution in [0.3, 0.4) is 0 Å². The van der Waals surface area contributed by atoms with Crippen molar-refractivity contribution >= 4 is 15.9 Å². The molecule has 1 heterocycles. The summed E-state index contributed by atoms with van der Waals surface area (Å²) in [6.07, 6.45) is 2.39. The van der Waals surface area contributed by atoms with E-state index < -0.39 is 0 Å². The van der Waals surface area contributed by atoms with Gasteiger partial charge in [-0.15, -0.1) is 0 Å². The van der Waals surface area contributed by atoms with Crippen LogP contribution >= 0.6 is 15.9 Å². The molecule has 2 N–H and O–H groups in total. The summed E-state index contributed by atoms with van der Waals surface area (Å²) in [7, 11) is 1.72. The van der Waals surface area contributed by atoms with Crippen LogP contribution in [0.1, 0.15) is 18.4 Å². The summed E-state index contributed by atoms with van der Waals surface area (Å²) in [6.45, 7) is 2.25. The van der Waals surface area contributed by atoms with Crippen LogP contribution in [-0.4, -0.2) is 26.9 Å². The second-order valence-electron chi connectivity index (χ2n) is 5.40. The molecule has 1 aliphatic carbocycles. The maximum absolute atomic E-state index is 6.02. The van der Waals surface area contributed by atoms with Crippen molar-refractivity contribution in [3.05, 3.63) is 28.2 Å². The van der Waals surface area contributed by atoms with Gasteiger partial charge in [-0.3, -0.25) is 0 Å². The monoisotopic (exact) mass is 311 g/mol. The highest BCUT2D eigenvalue weighted by atomic mass is 79.9. The topological polar surface area (TPSA) is 44.5 Å². The summed E-state index contributed by atoms with van der Waals surface area (Å²) in [5, 5.41) is 0. The van der Waals surface area contributed by atoms with Crippen LogP contribution in [0, 0.1) is 5.41 Å². The van der Waals surface area contributed by atoms with Gasteiger partial charge in [-0.05, 0) is 43.0 Å². The molecule has 1 saturated carbocycles. The summed E-state index contributed by atoms with van der Waals surface area (Å²) in [4.78, 5) is 0. The zero-order chi connectivity index (χ0) is 12.8. The number of hydrogen-bond acceptors (Lipinski definition) is 3. The molecule has 98 valence electrons. The molecule has 1 saturated heterocycles. The van der Waals surface area contributed by atoms with Crippen molar-refractivity contribution in [2.45, 2.75) is 18.3 Å². The van der Waals surface area contributed by atoms with Crippen LogP contribution in [0.2, 0.25) is 0 Å². The molecule has 2 aliphatic rings. The SMILES string of the molecule is COc1ccc(Br)cc1C1(C2(CN)CC2)COC1. The van der Waals surface area contributed by atoms with Crippen LogP contribution in [-0.2, 0) is 10.2 Å². The predicted molar refractivity (Wildman–Crippen MR) is 73.9 cm³/mol. The minimum absolute atomic E-state index is 0.0525. The Kier molecular flexibility index (Phi) is 2.92. The number of halogens is 1. The van der Waals surface area contributed by atoms with Gasteiger partial charge in [0.05, 0.1) is 25.7 Å². The zero-order valence-electron chi connectivity index (χ0n) is 10.5. The predicted octanol–water partition coefficient (Wildman–Crippen LogP) is 2.46. The quantitative estimate of drug-likeness (QED) is 0.929. The van der Waals surface area contributed by atoms with Crippen molar-refractivity contribution in [1.82, 2.24) is 0 Å². The van der Waals surface area contributed by atoms with Gasteiger partial charge in [0.1, 0.15) is 5.75 Å². The molecule has 0 bridgehead atoms. The van der Waals surface area contributed by atoms with Crippen LogP contribution in [0.4, 0.5) is 0 Å². The Balaban J connectivity index is 2.09. The van der Waals surface area contributed by atoms with E-state index in [4.69, 9.17) is 15.2 Å². The molecular weight excluding hydrogens is 294 g/mol. The highest BCUT2D eigenvalue weighted by molar-refractivity contribution is 9.10. The molecule has 3 nitrogen and oxygen atoms in total. The Morgan fingerprint density at radius 3 is 2.56 bits per heavy atom. The summed E-state index contributed by atoms with van der Waals surface area (Å²) in [5.41, 5.74) is 7.54. The maximum atomic E-state index is 6.02. The van der Waals surface area contributed by atoms with Crippen molar-refractivity contribution in [2.24, 2.45) is 11.1 Å². The van der Waals surface area contributed by atoms with Crippen molar-refractivity contribution < 1.29 is 9.47 Å². The van der Waals surface area contributed by atoms with E-state index in [2.05, 4.69) is 22.0 Å². The fourth-order valence-electron chi connectivity index (χ4n) is 3.14. The Morgan fingerprint density at radius 1 is 1.39 bits per heavy atom. The molecule has 1 aliphatic heterocycles. The van der Waals surface area contributed by atoms with Gasteiger partial charge in [0.2, 0.25) is 0 Å². The molecule has 0 spiro atoms. The average Bonchev–Trinajstić information content (AvgIpc) is 3.09. The smallest absolute Gasteiger partial charge is 0.122 e. The number of benzene rings is 1. The van der Waals surface area contributed by atoms with Gasteiger partial charge >= 0.3 is 0 Å². The lowest BCUT2D eigenvalue weighted by molar-refractivity contribution is -0.0981. The number of nitrogens with two attached hydrogens (primary N) is 1. The van der Waals surface area contributed by atoms with Crippen LogP contribution in [0.15, 0.2) is 22.7 Å². The Labute approximate surface area is 116 Å². The molecule has 0 unspecified atom stereocenters. The highest BCUT2D eigenvalue weighted by Crippen LogP contribution is 2.63. The highest BCUT2D eigenvalue weighted by Gasteiger charge is 2.63. The first-order chi connectivity index (χ1) is 8.67. The molecule has 2 fully saturated rings. The fourth-order valence-corrected chi connectivity index (χ4v) is 3.50. The first kappa shape index (κ1) is 12.5. The molecule has 1 aromatic rings. The van der Waals surface area contributed by atoms with Gasteiger partial charge in [-0.2, -0.15) is 0 Å². The molecule has 0 aromatic heterocycles. The standard InChI is InChI=1S/C14H18BrNO2/c1-17-12-3-2-10(15)6-11(12)14(8-18-9-14)13(7-16)4-5-13/h2-3,6H,4-5,7-9,16H2,1H3. The normalized spacial score (nSPS) is 23.3. The van der Waals surface area contributed by atoms with E-state index in [0.29, 0.717) is 0 Å². The first-order valence-electron chi connectivity index (χ1n) is 6.29. The van der Waals surface area contributed by atoms with Crippen molar-refractivity contribution in [1.29, 1.82) is 0 Å². The largest absolute Gasteiger partial charge is 0.496 e. The molecular formula is C14H18BrNO2. The first-order valence-corrected chi connectivity index (χ1v) is 7.09. The summed E-state index contributed by atoms with van der Waals surface area (Å²) >= 11 is 3.55. The zero-order valence-corrected chi connectivity index (χ0v) is 12.1. The second kappa shape index (κ2) is 4.22. The lowest BCUT2D eigenvalue weighted by Crippen LogP contribution is -2.56. The number of hydrogen-bond donors (Lipinski definition) is 1. The van der Waals surface area contributed by atoms with E-state index in [9.17, 15) is 0 Å². The van der Waals surface area contributed by atoms with Crippen LogP contribution < -0.4 is 10.5 Å². The third-order valence-corrected chi connectivity index (χ3v) is 5.13. The molecule has 0 amide bonds. The van der Waals surface area contributed by atoms with E-state index in [-0.39, 0.29) is 10.8 Å². The van der Waals surface area contributed by atoms with E-state index in [1.165, 1.54) is 18.4 Å². The minimum Gasteiger partial charge on any atom is -0.496 e. The van der Waals surface area contributed by atoms with Gasteiger partial charge in [0.25, 0.3) is 0 Å². The lowest BCUT2D eigenvalue weighted by Gasteiger charge is -2.48. The Hall–Kier alpha value is -0.580. The molecule has 0 radical (unpaired) electrons. The minimum atomic E-state index is 0.0525. The molecule has 4 heteroatoms. The van der Waals surface area contributed by atoms with Gasteiger partial charge in [0.15, 0.2) is 0 Å². The van der Waals surface area contributed by atoms with Crippen molar-refractivity contribution in [2.75, 3.05) is 26.9 Å². The Morgan fingerprint density at radius 2 is 2.11 bits per heavy atom. The van der Waals surface area contributed by atoms with E-state index in [1.54, 1.807) is 7.11 Å². The second-order valence-corrected chi connectivity index (χ2v) is 6.32. The molecule has 3 rings (SSSR count). The van der Waals surface area contributed by atoms with Gasteiger partial charge in [-0.25, -0.2) is 0 Å². The van der Waals surface area contributed by atoms with Gasteiger partial charge < -0.3 is 15.2 Å². The van der Waals surface area contributed by atoms with Gasteiger partial charge in [0, 0.05) is 10.0 Å². The molecule has 1 aromatic carbocycles. The lowest BCUT2D eigenvalue weighted by atomic mass is 9.65. The maximum Gasteiger partial charge on any atom is 0.122 e. The van der Waals surface area contributed by atoms with E-state index >= 15 is 0 Å². The third kappa shape index (κ3) is 1.55. The Bertz CT molecular complexity index is 467. The fraction of sp³-hybridized carbons (Fsp3) is 0.571. The number of rotatable bonds is 4. The summed E-state index contributed by atoms with van der Waals surface area (Å²) < 4.78 is 12.1. The van der Waals surface area contributed by atoms with Crippen LogP contribution in [0.25, 0.3) is 0 Å². The van der Waals surface area contributed by atoms with E-state index in [1.807, 2.05) is 12.1 Å². The van der Waals surface area contributed by atoms with E-state index in [0.717, 1.165) is 30.0 Å². The van der Waals surface area contributed by atoms with Crippen molar-refractivity contribution in [3.8, 4) is 5.75 Å². The molecule has 0 atom stereocenters. The summed E-state index contributed by atoms with van der Waals surface area (Å²) in [6, 6.07) is 6.20. The summed E-state index contributed by atoms with van der Waals surface area (Å²) in [5.74, 6) is 0.946. The van der Waals surface area contributed by atoms with Gasteiger partial charge in [-0.1, -0.05) is 15.9 Å². The third-order valence-electron chi connectivity index (χ3n) is 4.63. The van der Waals surface area contributed by atoms with Crippen molar-refractivity contribution in [3.63, 3.8) is 0 Å². The number of methoxy groups -OCH3 is 1. The molecule has 18 heavy (non-hydrogen) atoms. The van der Waals surface area contributed by atoms with Crippen LogP contribution in [0.5, 0.6) is 5.75 Å². The number of ether oxygens (including phenoxy) is 2.